The first kappa shape index (κ1) is 39.6. The zero-order chi connectivity index (χ0) is 40.0. The van der Waals surface area contributed by atoms with E-state index in [1.165, 1.54) is 19.2 Å². The summed E-state index contributed by atoms with van der Waals surface area (Å²) < 4.78 is 95.7. The van der Waals surface area contributed by atoms with E-state index in [2.05, 4.69) is 18.1 Å². The van der Waals surface area contributed by atoms with Crippen LogP contribution in [0.1, 0.15) is 18.2 Å². The van der Waals surface area contributed by atoms with Crippen molar-refractivity contribution in [1.82, 2.24) is 9.55 Å². The average Bonchev–Trinajstić information content (AvgIpc) is 3.51. The van der Waals surface area contributed by atoms with Crippen LogP contribution in [0.25, 0.3) is 32.3 Å². The van der Waals surface area contributed by atoms with Crippen LogP contribution in [0, 0.1) is 6.92 Å². The smallest absolute Gasteiger partial charge is 0.486 e. The van der Waals surface area contributed by atoms with Crippen LogP contribution in [0.3, 0.4) is 0 Å². The molecular formula is C34H31N2O16P3S. The number of aryl methyl sites for hydroxylation is 1. The lowest BCUT2D eigenvalue weighted by Gasteiger charge is -2.19. The lowest BCUT2D eigenvalue weighted by Crippen LogP contribution is -2.33. The summed E-state index contributed by atoms with van der Waals surface area (Å²) in [6.07, 6.45) is -0.556. The maximum atomic E-state index is 13.5. The maximum Gasteiger partial charge on any atom is 0.536 e. The van der Waals surface area contributed by atoms with Gasteiger partial charge in [0.05, 0.1) is 23.7 Å². The lowest BCUT2D eigenvalue weighted by molar-refractivity contribution is 0.0621. The summed E-state index contributed by atoms with van der Waals surface area (Å²) in [5, 5.41) is 4.58. The molecule has 4 N–H and O–H groups in total. The molecule has 4 atom stereocenters. The molecule has 3 unspecified atom stereocenters. The molecule has 0 spiro atoms. The molecule has 1 aliphatic rings. The molecule has 0 saturated carbocycles. The number of phosphoric acid groups is 3. The number of aromatic nitrogens is 2. The van der Waals surface area contributed by atoms with Gasteiger partial charge in [0.1, 0.15) is 12.4 Å². The monoisotopic (exact) mass is 848 g/mol. The molecule has 0 amide bonds. The fourth-order valence-electron chi connectivity index (χ4n) is 6.17. The minimum Gasteiger partial charge on any atom is -0.486 e. The topological polar surface area (TPSA) is 256 Å². The third-order valence-corrected chi connectivity index (χ3v) is 14.6. The Bertz CT molecular complexity index is 2880. The Balaban J connectivity index is 1.02. The SMILES string of the molecule is Cc1cn([C@H]2CC(OP(=O)(O)OP(=O)(O)OP(=O)(O)OCCS(=O)(=O)c3ccc4ccc5cccc6ccc3c4c56)=C(COc3ccccc3)O2)c(=O)[nH]c1=O. The van der Waals surface area contributed by atoms with Crippen LogP contribution in [0.15, 0.2) is 117 Å². The Labute approximate surface area is 316 Å². The zero-order valence-electron chi connectivity index (χ0n) is 28.9. The zero-order valence-corrected chi connectivity index (χ0v) is 32.4. The molecule has 56 heavy (non-hydrogen) atoms. The number of H-pyrrole nitrogens is 1. The predicted molar refractivity (Wildman–Crippen MR) is 201 cm³/mol. The van der Waals surface area contributed by atoms with E-state index in [1.54, 1.807) is 48.5 Å². The van der Waals surface area contributed by atoms with Gasteiger partial charge in [0.2, 0.25) is 0 Å². The Hall–Kier alpha value is -4.64. The summed E-state index contributed by atoms with van der Waals surface area (Å²) in [6, 6.07) is 24.1. The van der Waals surface area contributed by atoms with Gasteiger partial charge in [-0.2, -0.15) is 8.62 Å². The van der Waals surface area contributed by atoms with Crippen molar-refractivity contribution < 1.29 is 63.9 Å². The van der Waals surface area contributed by atoms with Crippen LogP contribution in [-0.2, 0) is 45.9 Å². The van der Waals surface area contributed by atoms with Gasteiger partial charge in [-0.15, -0.1) is 0 Å². The molecule has 22 heteroatoms. The molecule has 0 radical (unpaired) electrons. The van der Waals surface area contributed by atoms with E-state index in [-0.39, 0.29) is 16.2 Å². The van der Waals surface area contributed by atoms with Gasteiger partial charge in [0.15, 0.2) is 27.6 Å². The van der Waals surface area contributed by atoms with Crippen LogP contribution < -0.4 is 16.0 Å². The van der Waals surface area contributed by atoms with Gasteiger partial charge in [-0.25, -0.2) is 26.9 Å². The second-order valence-electron chi connectivity index (χ2n) is 12.4. The Morgan fingerprint density at radius 2 is 1.46 bits per heavy atom. The Kier molecular flexibility index (Phi) is 10.6. The molecule has 6 aromatic rings. The number of sulfone groups is 1. The molecular weight excluding hydrogens is 817 g/mol. The van der Waals surface area contributed by atoms with Gasteiger partial charge in [0.25, 0.3) is 5.56 Å². The van der Waals surface area contributed by atoms with E-state index in [1.807, 2.05) is 30.3 Å². The molecule has 0 fully saturated rings. The summed E-state index contributed by atoms with van der Waals surface area (Å²) in [4.78, 5) is 57.3. The molecule has 2 heterocycles. The van der Waals surface area contributed by atoms with E-state index in [9.17, 15) is 46.4 Å². The average molecular weight is 849 g/mol. The van der Waals surface area contributed by atoms with Gasteiger partial charge in [-0.05, 0) is 52.1 Å². The van der Waals surface area contributed by atoms with Crippen molar-refractivity contribution in [3.05, 3.63) is 129 Å². The molecule has 18 nitrogen and oxygen atoms in total. The summed E-state index contributed by atoms with van der Waals surface area (Å²) >= 11 is 0. The van der Waals surface area contributed by atoms with E-state index in [4.69, 9.17) is 14.0 Å². The minimum atomic E-state index is -5.99. The van der Waals surface area contributed by atoms with Crippen molar-refractivity contribution in [2.75, 3.05) is 19.0 Å². The van der Waals surface area contributed by atoms with Crippen molar-refractivity contribution in [2.45, 2.75) is 24.5 Å². The molecule has 5 aromatic carbocycles. The van der Waals surface area contributed by atoms with Crippen molar-refractivity contribution in [3.8, 4) is 5.75 Å². The number of nitrogens with one attached hydrogen (secondary N) is 1. The second-order valence-corrected chi connectivity index (χ2v) is 19.1. The van der Waals surface area contributed by atoms with Gasteiger partial charge < -0.3 is 23.8 Å². The van der Waals surface area contributed by atoms with Gasteiger partial charge in [-0.3, -0.25) is 23.8 Å². The highest BCUT2D eigenvalue weighted by Crippen LogP contribution is 2.68. The van der Waals surface area contributed by atoms with Gasteiger partial charge in [0, 0.05) is 17.1 Å². The highest BCUT2D eigenvalue weighted by Gasteiger charge is 2.45. The van der Waals surface area contributed by atoms with Gasteiger partial charge in [-0.1, -0.05) is 66.7 Å². The third kappa shape index (κ3) is 8.53. The number of hydrogen-bond donors (Lipinski definition) is 4. The normalized spacial score (nSPS) is 18.1. The van der Waals surface area contributed by atoms with Crippen molar-refractivity contribution >= 4 is 65.6 Å². The number of hydrogen-bond acceptors (Lipinski definition) is 13. The maximum absolute atomic E-state index is 13.5. The molecule has 7 rings (SSSR count). The van der Waals surface area contributed by atoms with Crippen molar-refractivity contribution in [3.63, 3.8) is 0 Å². The van der Waals surface area contributed by atoms with E-state index in [0.29, 0.717) is 16.5 Å². The number of nitrogens with zero attached hydrogens (tertiary/aromatic N) is 1. The second kappa shape index (κ2) is 15.0. The summed E-state index contributed by atoms with van der Waals surface area (Å²) in [5.74, 6) is -1.29. The van der Waals surface area contributed by atoms with Crippen LogP contribution in [0.5, 0.6) is 5.75 Å². The van der Waals surface area contributed by atoms with Crippen LogP contribution in [0.4, 0.5) is 0 Å². The number of aromatic amines is 1. The fraction of sp³-hybridized carbons (Fsp3) is 0.176. The third-order valence-electron chi connectivity index (χ3n) is 8.59. The number of benzene rings is 5. The first-order valence-electron chi connectivity index (χ1n) is 16.4. The Morgan fingerprint density at radius 1 is 0.821 bits per heavy atom. The lowest BCUT2D eigenvalue weighted by atomic mass is 9.94. The number of phosphoric ester groups is 2. The molecule has 0 bridgehead atoms. The highest BCUT2D eigenvalue weighted by atomic mass is 32.2. The largest absolute Gasteiger partial charge is 0.536 e. The summed E-state index contributed by atoms with van der Waals surface area (Å²) in [7, 11) is -21.6. The summed E-state index contributed by atoms with van der Waals surface area (Å²) in [6.45, 7) is -0.0399. The van der Waals surface area contributed by atoms with E-state index >= 15 is 0 Å². The number of para-hydroxylation sites is 1. The van der Waals surface area contributed by atoms with Crippen LogP contribution in [-0.4, -0.2) is 51.6 Å². The standard InChI is InChI=1S/C34H31N2O16P3S/c1-21-19-36(34(38)35-33(21)37)30-18-27(28(49-30)20-47-25-8-3-2-4-9-25)50-54(41,42)52-55(43,44)51-53(39,40)48-16-17-56(45,46)29-15-13-24-11-10-22-6-5-7-23-12-14-26(29)32(24)31(22)23/h2-15,19,30H,16-18,20H2,1H3,(H,39,40)(H,41,42)(H,43,44)(H,35,37,38)/t30-/m1/s1. The van der Waals surface area contributed by atoms with Gasteiger partial charge >= 0.3 is 29.2 Å². The highest BCUT2D eigenvalue weighted by molar-refractivity contribution is 7.91. The van der Waals surface area contributed by atoms with E-state index < -0.39 is 81.9 Å². The van der Waals surface area contributed by atoms with Crippen LogP contribution >= 0.6 is 23.5 Å². The molecule has 1 aliphatic heterocycles. The Morgan fingerprint density at radius 3 is 2.18 bits per heavy atom. The summed E-state index contributed by atoms with van der Waals surface area (Å²) in [5.41, 5.74) is -1.43. The fourth-order valence-corrected chi connectivity index (χ4v) is 11.2. The molecule has 294 valence electrons. The minimum absolute atomic E-state index is 0.0865. The molecule has 0 aliphatic carbocycles. The first-order valence-corrected chi connectivity index (χ1v) is 22.6. The van der Waals surface area contributed by atoms with Crippen molar-refractivity contribution in [1.29, 1.82) is 0 Å². The first-order chi connectivity index (χ1) is 26.4. The molecule has 1 aromatic heterocycles. The number of ether oxygens (including phenoxy) is 2. The van der Waals surface area contributed by atoms with Crippen molar-refractivity contribution in [2.24, 2.45) is 0 Å². The number of rotatable bonds is 15. The van der Waals surface area contributed by atoms with Crippen LogP contribution in [0.2, 0.25) is 0 Å². The quantitative estimate of drug-likeness (QED) is 0.0704. The predicted octanol–water partition coefficient (Wildman–Crippen LogP) is 5.79. The van der Waals surface area contributed by atoms with E-state index in [0.717, 1.165) is 26.1 Å². The molecule has 0 saturated heterocycles.